The molecule has 0 atom stereocenters. The van der Waals surface area contributed by atoms with Crippen molar-refractivity contribution in [2.45, 2.75) is 39.2 Å². The number of carbonyl (C=O) groups is 1. The van der Waals surface area contributed by atoms with Gasteiger partial charge in [-0.15, -0.1) is 0 Å². The van der Waals surface area contributed by atoms with Gasteiger partial charge in [-0.2, -0.15) is 0 Å². The van der Waals surface area contributed by atoms with Crippen LogP contribution in [0.15, 0.2) is 30.3 Å². The molecule has 1 aliphatic rings. The minimum Gasteiger partial charge on any atom is -0.444 e. The highest BCUT2D eigenvalue weighted by Crippen LogP contribution is 2.23. The van der Waals surface area contributed by atoms with Crippen LogP contribution in [0.2, 0.25) is 0 Å². The van der Waals surface area contributed by atoms with Crippen LogP contribution in [0.5, 0.6) is 0 Å². The predicted octanol–water partition coefficient (Wildman–Crippen LogP) is 4.24. The van der Waals surface area contributed by atoms with Crippen LogP contribution < -0.4 is 0 Å². The number of hydrogen-bond acceptors (Lipinski definition) is 2. The molecule has 0 bridgehead atoms. The number of nitrogens with zero attached hydrogens (tertiary/aromatic N) is 1. The van der Waals surface area contributed by atoms with Gasteiger partial charge >= 0.3 is 6.09 Å². The van der Waals surface area contributed by atoms with Crippen LogP contribution in [0.4, 0.5) is 9.18 Å². The zero-order chi connectivity index (χ0) is 15.5. The quantitative estimate of drug-likeness (QED) is 0.774. The molecule has 3 nitrogen and oxygen atoms in total. The van der Waals surface area contributed by atoms with E-state index in [1.54, 1.807) is 17.0 Å². The van der Waals surface area contributed by atoms with E-state index in [2.05, 4.69) is 6.08 Å². The number of rotatable bonds is 1. The van der Waals surface area contributed by atoms with Crippen molar-refractivity contribution in [3.8, 4) is 0 Å². The van der Waals surface area contributed by atoms with E-state index >= 15 is 0 Å². The van der Waals surface area contributed by atoms with Crippen molar-refractivity contribution in [2.24, 2.45) is 0 Å². The van der Waals surface area contributed by atoms with Gasteiger partial charge in [-0.3, -0.25) is 0 Å². The minimum absolute atomic E-state index is 0.233. The summed E-state index contributed by atoms with van der Waals surface area (Å²) in [5.74, 6) is -0.233. The fourth-order valence-corrected chi connectivity index (χ4v) is 2.30. The second-order valence-electron chi connectivity index (χ2n) is 6.24. The molecule has 0 N–H and O–H groups in total. The van der Waals surface area contributed by atoms with Crippen molar-refractivity contribution < 1.29 is 13.9 Å². The van der Waals surface area contributed by atoms with Crippen LogP contribution in [0.1, 0.15) is 39.2 Å². The van der Waals surface area contributed by atoms with Gasteiger partial charge in [0.2, 0.25) is 0 Å². The largest absolute Gasteiger partial charge is 0.444 e. The molecule has 114 valence electrons. The Hall–Kier alpha value is -1.84. The van der Waals surface area contributed by atoms with Gasteiger partial charge in [0.05, 0.1) is 0 Å². The Morgan fingerprint density at radius 3 is 2.48 bits per heavy atom. The lowest BCUT2D eigenvalue weighted by atomic mass is 10.0. The maximum Gasteiger partial charge on any atom is 0.410 e. The lowest BCUT2D eigenvalue weighted by molar-refractivity contribution is 0.0260. The average molecular weight is 291 g/mol. The van der Waals surface area contributed by atoms with Gasteiger partial charge in [0.15, 0.2) is 0 Å². The fraction of sp³-hybridized carbons (Fsp3) is 0.471. The highest BCUT2D eigenvalue weighted by Gasteiger charge is 2.23. The first-order valence-corrected chi connectivity index (χ1v) is 7.28. The third-order valence-corrected chi connectivity index (χ3v) is 3.31. The first-order chi connectivity index (χ1) is 9.85. The third-order valence-electron chi connectivity index (χ3n) is 3.31. The average Bonchev–Trinajstić information content (AvgIpc) is 2.63. The van der Waals surface area contributed by atoms with Gasteiger partial charge in [-0.1, -0.05) is 18.2 Å². The lowest BCUT2D eigenvalue weighted by Crippen LogP contribution is -2.37. The molecule has 1 aliphatic heterocycles. The van der Waals surface area contributed by atoms with E-state index in [9.17, 15) is 9.18 Å². The molecular formula is C17H22FNO2. The van der Waals surface area contributed by atoms with Gasteiger partial charge in [0, 0.05) is 13.1 Å². The molecule has 0 aromatic heterocycles. The van der Waals surface area contributed by atoms with Crippen molar-refractivity contribution in [2.75, 3.05) is 13.1 Å². The first kappa shape index (κ1) is 15.5. The summed E-state index contributed by atoms with van der Waals surface area (Å²) in [7, 11) is 0. The van der Waals surface area contributed by atoms with Gasteiger partial charge in [-0.25, -0.2) is 9.18 Å². The summed E-state index contributed by atoms with van der Waals surface area (Å²) in [6, 6.07) is 6.49. The molecule has 0 radical (unpaired) electrons. The molecule has 0 aliphatic carbocycles. The highest BCUT2D eigenvalue weighted by atomic mass is 19.1. The Kier molecular flexibility index (Phi) is 4.66. The van der Waals surface area contributed by atoms with Gasteiger partial charge < -0.3 is 9.64 Å². The maximum absolute atomic E-state index is 13.0. The van der Waals surface area contributed by atoms with Crippen molar-refractivity contribution in [3.63, 3.8) is 0 Å². The van der Waals surface area contributed by atoms with Gasteiger partial charge in [-0.05, 0) is 56.9 Å². The predicted molar refractivity (Wildman–Crippen MR) is 81.4 cm³/mol. The molecule has 1 amide bonds. The Balaban J connectivity index is 1.99. The van der Waals surface area contributed by atoms with Crippen molar-refractivity contribution in [1.82, 2.24) is 4.90 Å². The molecular weight excluding hydrogens is 269 g/mol. The number of benzene rings is 1. The summed E-state index contributed by atoms with van der Waals surface area (Å²) in [6.07, 6.45) is 3.39. The molecule has 1 aromatic carbocycles. The van der Waals surface area contributed by atoms with Gasteiger partial charge in [0.1, 0.15) is 11.4 Å². The normalized spacial score (nSPS) is 16.2. The first-order valence-electron chi connectivity index (χ1n) is 7.28. The van der Waals surface area contributed by atoms with Crippen molar-refractivity contribution in [1.29, 1.82) is 0 Å². The molecule has 0 unspecified atom stereocenters. The van der Waals surface area contributed by atoms with Crippen LogP contribution in [0.25, 0.3) is 5.57 Å². The molecule has 4 heteroatoms. The molecule has 1 heterocycles. The Morgan fingerprint density at radius 2 is 1.86 bits per heavy atom. The van der Waals surface area contributed by atoms with Crippen LogP contribution in [0, 0.1) is 5.82 Å². The second kappa shape index (κ2) is 6.29. The second-order valence-corrected chi connectivity index (χ2v) is 6.24. The molecule has 1 aromatic rings. The summed E-state index contributed by atoms with van der Waals surface area (Å²) in [5.41, 5.74) is 1.69. The molecule has 0 saturated heterocycles. The third kappa shape index (κ3) is 4.59. The topological polar surface area (TPSA) is 29.5 Å². The number of carbonyl (C=O) groups excluding carboxylic acids is 1. The Bertz CT molecular complexity index is 529. The fourth-order valence-electron chi connectivity index (χ4n) is 2.30. The standard InChI is InChI=1S/C17H22FNO2/c1-17(2,3)21-16(20)19-11-4-5-13(10-12-19)14-6-8-15(18)9-7-14/h5-9H,4,10-12H2,1-3H3. The highest BCUT2D eigenvalue weighted by molar-refractivity contribution is 5.70. The van der Waals surface area contributed by atoms with Crippen LogP contribution >= 0.6 is 0 Å². The summed E-state index contributed by atoms with van der Waals surface area (Å²) in [4.78, 5) is 13.8. The zero-order valence-electron chi connectivity index (χ0n) is 12.9. The van der Waals surface area contributed by atoms with E-state index < -0.39 is 5.60 Å². The summed E-state index contributed by atoms with van der Waals surface area (Å²) >= 11 is 0. The summed E-state index contributed by atoms with van der Waals surface area (Å²) in [5, 5.41) is 0. The smallest absolute Gasteiger partial charge is 0.410 e. The van der Waals surface area contributed by atoms with Crippen LogP contribution in [-0.2, 0) is 4.74 Å². The number of hydrogen-bond donors (Lipinski definition) is 0. The SMILES string of the molecule is CC(C)(C)OC(=O)N1CCC=C(c2ccc(F)cc2)CC1. The van der Waals surface area contributed by atoms with Crippen LogP contribution in [-0.4, -0.2) is 29.7 Å². The van der Waals surface area contributed by atoms with E-state index in [0.29, 0.717) is 13.1 Å². The summed E-state index contributed by atoms with van der Waals surface area (Å²) in [6.45, 7) is 6.87. The van der Waals surface area contributed by atoms with E-state index in [1.807, 2.05) is 20.8 Å². The molecule has 2 rings (SSSR count). The molecule has 0 spiro atoms. The lowest BCUT2D eigenvalue weighted by Gasteiger charge is -2.26. The number of ether oxygens (including phenoxy) is 1. The molecule has 0 saturated carbocycles. The van der Waals surface area contributed by atoms with E-state index in [0.717, 1.165) is 24.0 Å². The van der Waals surface area contributed by atoms with Crippen molar-refractivity contribution >= 4 is 11.7 Å². The van der Waals surface area contributed by atoms with Crippen LogP contribution in [0.3, 0.4) is 0 Å². The Labute approximate surface area is 125 Å². The zero-order valence-corrected chi connectivity index (χ0v) is 12.9. The molecule has 0 fully saturated rings. The molecule has 21 heavy (non-hydrogen) atoms. The summed E-state index contributed by atoms with van der Waals surface area (Å²) < 4.78 is 18.4. The number of halogens is 1. The monoisotopic (exact) mass is 291 g/mol. The van der Waals surface area contributed by atoms with E-state index in [4.69, 9.17) is 4.74 Å². The maximum atomic E-state index is 13.0. The Morgan fingerprint density at radius 1 is 1.19 bits per heavy atom. The number of amides is 1. The van der Waals surface area contributed by atoms with Gasteiger partial charge in [0.25, 0.3) is 0 Å². The van der Waals surface area contributed by atoms with E-state index in [1.165, 1.54) is 12.1 Å². The van der Waals surface area contributed by atoms with E-state index in [-0.39, 0.29) is 11.9 Å². The van der Waals surface area contributed by atoms with Crippen molar-refractivity contribution in [3.05, 3.63) is 41.7 Å². The minimum atomic E-state index is -0.476.